The molecule has 1 aliphatic carbocycles. The van der Waals surface area contributed by atoms with Gasteiger partial charge in [0.15, 0.2) is 5.65 Å². The van der Waals surface area contributed by atoms with Crippen LogP contribution in [0.1, 0.15) is 65.6 Å². The van der Waals surface area contributed by atoms with Gasteiger partial charge in [-0.25, -0.2) is 18.3 Å². The van der Waals surface area contributed by atoms with Crippen LogP contribution in [-0.2, 0) is 11.2 Å². The van der Waals surface area contributed by atoms with Crippen molar-refractivity contribution in [3.05, 3.63) is 47.2 Å². The molecule has 210 valence electrons. The minimum Gasteiger partial charge on any atom is -0.355 e. The minimum absolute atomic E-state index is 0.0134. The largest absolute Gasteiger partial charge is 0.393 e. The van der Waals surface area contributed by atoms with Crippen molar-refractivity contribution in [1.82, 2.24) is 35.4 Å². The van der Waals surface area contributed by atoms with E-state index in [1.165, 1.54) is 10.7 Å². The molecule has 14 heteroatoms. The van der Waals surface area contributed by atoms with Gasteiger partial charge >= 0.3 is 6.18 Å². The standard InChI is InChI=1S/C25H28F5N7O2/c1-13-18(11-32-35-13)23(39)34-21(14-4-6-24(26,27)7-5-14)19-12-37-20(33-19)3-2-17(36-37)9-15-8-16(25(28,29)30)10-31-22(15)38/h2-3,11-12,14-16,21H,4-10H2,1H3,(H,31,38)(H,32,35)(H,34,39)/t15?,16-,21+/m1/s1. The number of H-pyrrole nitrogens is 1. The van der Waals surface area contributed by atoms with Crippen molar-refractivity contribution >= 4 is 17.5 Å². The number of imidazole rings is 1. The van der Waals surface area contributed by atoms with E-state index < -0.39 is 48.3 Å². The van der Waals surface area contributed by atoms with Gasteiger partial charge in [-0.1, -0.05) is 0 Å². The Morgan fingerprint density at radius 2 is 2.00 bits per heavy atom. The molecule has 9 nitrogen and oxygen atoms in total. The van der Waals surface area contributed by atoms with E-state index in [0.29, 0.717) is 28.3 Å². The van der Waals surface area contributed by atoms with Crippen LogP contribution >= 0.6 is 0 Å². The highest BCUT2D eigenvalue weighted by molar-refractivity contribution is 5.95. The third-order valence-corrected chi connectivity index (χ3v) is 7.69. The van der Waals surface area contributed by atoms with Crippen LogP contribution in [0.5, 0.6) is 0 Å². The molecule has 3 aromatic heterocycles. The van der Waals surface area contributed by atoms with Crippen molar-refractivity contribution in [1.29, 1.82) is 0 Å². The number of aromatic amines is 1. The Kier molecular flexibility index (Phi) is 7.06. The monoisotopic (exact) mass is 553 g/mol. The molecule has 1 aliphatic heterocycles. The van der Waals surface area contributed by atoms with Crippen molar-refractivity contribution in [3.63, 3.8) is 0 Å². The zero-order chi connectivity index (χ0) is 27.9. The van der Waals surface area contributed by atoms with Gasteiger partial charge in [-0.3, -0.25) is 14.7 Å². The van der Waals surface area contributed by atoms with Crippen LogP contribution in [0.2, 0.25) is 0 Å². The Morgan fingerprint density at radius 1 is 1.26 bits per heavy atom. The zero-order valence-electron chi connectivity index (χ0n) is 21.1. The number of halogens is 5. The molecule has 0 spiro atoms. The second kappa shape index (κ2) is 10.2. The number of carbonyl (C=O) groups excluding carboxylic acids is 2. The molecule has 0 bridgehead atoms. The number of carbonyl (C=O) groups is 2. The lowest BCUT2D eigenvalue weighted by Crippen LogP contribution is -2.47. The summed E-state index contributed by atoms with van der Waals surface area (Å²) in [7, 11) is 0. The summed E-state index contributed by atoms with van der Waals surface area (Å²) in [6, 6.07) is 2.55. The molecular formula is C25H28F5N7O2. The molecule has 0 radical (unpaired) electrons. The van der Waals surface area contributed by atoms with E-state index in [4.69, 9.17) is 0 Å². The van der Waals surface area contributed by atoms with Crippen LogP contribution in [0, 0.1) is 24.7 Å². The van der Waals surface area contributed by atoms with Gasteiger partial charge in [0.2, 0.25) is 11.8 Å². The van der Waals surface area contributed by atoms with E-state index in [2.05, 4.69) is 30.9 Å². The summed E-state index contributed by atoms with van der Waals surface area (Å²) in [5, 5.41) is 16.3. The summed E-state index contributed by atoms with van der Waals surface area (Å²) in [5.74, 6) is -6.41. The second-order valence-corrected chi connectivity index (χ2v) is 10.4. The van der Waals surface area contributed by atoms with Gasteiger partial charge in [-0.15, -0.1) is 0 Å². The predicted octanol–water partition coefficient (Wildman–Crippen LogP) is 3.91. The van der Waals surface area contributed by atoms with Crippen molar-refractivity contribution in [2.24, 2.45) is 17.8 Å². The van der Waals surface area contributed by atoms with Gasteiger partial charge in [0.05, 0.1) is 40.8 Å². The van der Waals surface area contributed by atoms with Crippen molar-refractivity contribution < 1.29 is 31.5 Å². The normalized spacial score (nSPS) is 23.0. The molecule has 2 fully saturated rings. The molecule has 3 atom stereocenters. The lowest BCUT2D eigenvalue weighted by molar-refractivity contribution is -0.183. The number of nitrogens with zero attached hydrogens (tertiary/aromatic N) is 4. The number of hydrogen-bond donors (Lipinski definition) is 3. The summed E-state index contributed by atoms with van der Waals surface area (Å²) in [4.78, 5) is 29.8. The molecule has 1 saturated heterocycles. The first-order valence-electron chi connectivity index (χ1n) is 12.8. The Morgan fingerprint density at radius 3 is 2.67 bits per heavy atom. The summed E-state index contributed by atoms with van der Waals surface area (Å²) < 4.78 is 68.8. The summed E-state index contributed by atoms with van der Waals surface area (Å²) in [6.07, 6.45) is -1.90. The average molecular weight is 554 g/mol. The summed E-state index contributed by atoms with van der Waals surface area (Å²) >= 11 is 0. The minimum atomic E-state index is -4.40. The SMILES string of the molecule is Cc1n[nH]cc1C(=O)N[C@H](c1cn2nc(CC3C[C@@H](C(F)(F)F)CNC3=O)ccc2n1)C1CCC(F)(F)CC1. The third-order valence-electron chi connectivity index (χ3n) is 7.69. The molecule has 5 rings (SSSR count). The maximum atomic E-state index is 13.9. The van der Waals surface area contributed by atoms with Gasteiger partial charge in [0.1, 0.15) is 0 Å². The molecule has 3 aromatic rings. The zero-order valence-corrected chi connectivity index (χ0v) is 21.1. The van der Waals surface area contributed by atoms with Crippen molar-refractivity contribution in [2.75, 3.05) is 6.54 Å². The summed E-state index contributed by atoms with van der Waals surface area (Å²) in [5.41, 5.74) is 2.06. The number of aromatic nitrogens is 5. The third kappa shape index (κ3) is 5.88. The van der Waals surface area contributed by atoms with E-state index in [1.807, 2.05) is 0 Å². The number of piperidine rings is 1. The van der Waals surface area contributed by atoms with E-state index in [1.54, 1.807) is 25.3 Å². The fourth-order valence-corrected chi connectivity index (χ4v) is 5.41. The topological polar surface area (TPSA) is 117 Å². The van der Waals surface area contributed by atoms with E-state index in [-0.39, 0.29) is 44.4 Å². The maximum absolute atomic E-state index is 13.9. The molecule has 1 saturated carbocycles. The Bertz CT molecular complexity index is 1360. The van der Waals surface area contributed by atoms with Crippen molar-refractivity contribution in [2.45, 2.75) is 63.6 Å². The second-order valence-electron chi connectivity index (χ2n) is 10.4. The van der Waals surface area contributed by atoms with E-state index in [0.717, 1.165) is 0 Å². The highest BCUT2D eigenvalue weighted by Gasteiger charge is 2.45. The molecule has 3 N–H and O–H groups in total. The molecule has 1 unspecified atom stereocenters. The number of aryl methyl sites for hydroxylation is 1. The first kappa shape index (κ1) is 27.0. The van der Waals surface area contributed by atoms with Crippen molar-refractivity contribution in [3.8, 4) is 0 Å². The number of rotatable bonds is 6. The van der Waals surface area contributed by atoms with E-state index >= 15 is 0 Å². The molecular weight excluding hydrogens is 525 g/mol. The van der Waals surface area contributed by atoms with Crippen LogP contribution in [-0.4, -0.2) is 55.3 Å². The van der Waals surface area contributed by atoms with Gasteiger partial charge in [-0.2, -0.15) is 23.4 Å². The smallest absolute Gasteiger partial charge is 0.355 e. The van der Waals surface area contributed by atoms with Gasteiger partial charge in [0.25, 0.3) is 5.91 Å². The first-order valence-corrected chi connectivity index (χ1v) is 12.8. The number of alkyl halides is 5. The highest BCUT2D eigenvalue weighted by Crippen LogP contribution is 2.41. The maximum Gasteiger partial charge on any atom is 0.393 e. The Hall–Kier alpha value is -3.58. The highest BCUT2D eigenvalue weighted by atomic mass is 19.4. The van der Waals surface area contributed by atoms with Crippen LogP contribution in [0.3, 0.4) is 0 Å². The lowest BCUT2D eigenvalue weighted by Gasteiger charge is -2.33. The number of nitrogens with one attached hydrogen (secondary N) is 3. The van der Waals surface area contributed by atoms with Gasteiger partial charge in [-0.05, 0) is 44.2 Å². The quantitative estimate of drug-likeness (QED) is 0.400. The van der Waals surface area contributed by atoms with Gasteiger partial charge in [0, 0.05) is 37.9 Å². The molecule has 2 aliphatic rings. The van der Waals surface area contributed by atoms with Gasteiger partial charge < -0.3 is 10.6 Å². The number of amides is 2. The number of hydrogen-bond acceptors (Lipinski definition) is 5. The number of fused-ring (bicyclic) bond motifs is 1. The fourth-order valence-electron chi connectivity index (χ4n) is 5.41. The van der Waals surface area contributed by atoms with E-state index in [9.17, 15) is 31.5 Å². The van der Waals surface area contributed by atoms with Crippen LogP contribution < -0.4 is 10.6 Å². The Labute approximate surface area is 219 Å². The lowest BCUT2D eigenvalue weighted by atomic mass is 9.81. The molecule has 2 amide bonds. The van der Waals surface area contributed by atoms with Crippen LogP contribution in [0.15, 0.2) is 24.5 Å². The van der Waals surface area contributed by atoms with Crippen LogP contribution in [0.25, 0.3) is 5.65 Å². The van der Waals surface area contributed by atoms with Crippen LogP contribution in [0.4, 0.5) is 22.0 Å². The fraction of sp³-hybridized carbons (Fsp3) is 0.560. The first-order chi connectivity index (χ1) is 18.4. The molecule has 39 heavy (non-hydrogen) atoms. The average Bonchev–Trinajstić information content (AvgIpc) is 3.49. The predicted molar refractivity (Wildman–Crippen MR) is 128 cm³/mol. The molecule has 4 heterocycles. The molecule has 0 aromatic carbocycles. The summed E-state index contributed by atoms with van der Waals surface area (Å²) in [6.45, 7) is 1.23. The Balaban J connectivity index is 1.39.